The fraction of sp³-hybridized carbons (Fsp3) is 0.273. The Morgan fingerprint density at radius 1 is 1.28 bits per heavy atom. The third kappa shape index (κ3) is 3.01. The summed E-state index contributed by atoms with van der Waals surface area (Å²) >= 11 is 5.21. The lowest BCUT2D eigenvalue weighted by molar-refractivity contribution is -0.141. The zero-order valence-corrected chi connectivity index (χ0v) is 9.98. The van der Waals surface area contributed by atoms with E-state index >= 15 is 0 Å². The van der Waals surface area contributed by atoms with E-state index in [4.69, 9.17) is 11.6 Å². The van der Waals surface area contributed by atoms with Gasteiger partial charge in [-0.1, -0.05) is 11.6 Å². The molecule has 0 spiro atoms. The summed E-state index contributed by atoms with van der Waals surface area (Å²) < 4.78 is 44.0. The lowest BCUT2D eigenvalue weighted by Gasteiger charge is -2.06. The van der Waals surface area contributed by atoms with Crippen LogP contribution in [-0.2, 0) is 9.53 Å². The third-order valence-electron chi connectivity index (χ3n) is 2.00. The number of benzene rings is 1. The number of carbonyl (C=O) groups excluding carboxylic acids is 2. The fourth-order valence-electron chi connectivity index (χ4n) is 1.25. The van der Waals surface area contributed by atoms with E-state index in [2.05, 4.69) is 4.74 Å². The number of halogens is 4. The van der Waals surface area contributed by atoms with Crippen LogP contribution in [0.15, 0.2) is 6.07 Å². The van der Waals surface area contributed by atoms with Crippen molar-refractivity contribution in [3.8, 4) is 0 Å². The molecule has 0 saturated carbocycles. The molecule has 98 valence electrons. The summed E-state index contributed by atoms with van der Waals surface area (Å²) in [4.78, 5) is 22.5. The van der Waals surface area contributed by atoms with Crippen LogP contribution in [0.2, 0.25) is 5.02 Å². The van der Waals surface area contributed by atoms with Crippen LogP contribution in [-0.4, -0.2) is 18.4 Å². The van der Waals surface area contributed by atoms with Crippen LogP contribution >= 0.6 is 11.6 Å². The van der Waals surface area contributed by atoms with Crippen molar-refractivity contribution in [3.63, 3.8) is 0 Å². The maximum absolute atomic E-state index is 13.4. The molecule has 0 amide bonds. The number of hydrogen-bond acceptors (Lipinski definition) is 3. The minimum absolute atomic E-state index is 0.0290. The molecule has 0 N–H and O–H groups in total. The summed E-state index contributed by atoms with van der Waals surface area (Å²) in [6.07, 6.45) is -0.844. The number of hydrogen-bond donors (Lipinski definition) is 0. The van der Waals surface area contributed by atoms with Crippen molar-refractivity contribution in [3.05, 3.63) is 34.1 Å². The first-order valence-corrected chi connectivity index (χ1v) is 5.28. The van der Waals surface area contributed by atoms with Crippen LogP contribution in [0.25, 0.3) is 0 Å². The third-order valence-corrected chi connectivity index (χ3v) is 2.35. The molecule has 3 nitrogen and oxygen atoms in total. The van der Waals surface area contributed by atoms with Crippen molar-refractivity contribution in [1.29, 1.82) is 0 Å². The van der Waals surface area contributed by atoms with Gasteiger partial charge in [0.25, 0.3) is 0 Å². The average Bonchev–Trinajstić information content (AvgIpc) is 2.26. The molecule has 0 aromatic heterocycles. The van der Waals surface area contributed by atoms with Gasteiger partial charge in [-0.2, -0.15) is 0 Å². The van der Waals surface area contributed by atoms with E-state index in [1.54, 1.807) is 0 Å². The van der Waals surface area contributed by atoms with Crippen molar-refractivity contribution in [2.45, 2.75) is 13.3 Å². The number of rotatable bonds is 4. The molecule has 0 aliphatic heterocycles. The zero-order valence-electron chi connectivity index (χ0n) is 9.23. The topological polar surface area (TPSA) is 43.4 Å². The molecule has 0 bridgehead atoms. The molecule has 0 aliphatic rings. The quantitative estimate of drug-likeness (QED) is 0.280. The number of carbonyl (C=O) groups is 2. The lowest BCUT2D eigenvalue weighted by Crippen LogP contribution is -2.14. The van der Waals surface area contributed by atoms with Crippen molar-refractivity contribution >= 4 is 23.4 Å². The highest BCUT2D eigenvalue weighted by Crippen LogP contribution is 2.25. The van der Waals surface area contributed by atoms with Gasteiger partial charge in [0.2, 0.25) is 0 Å². The van der Waals surface area contributed by atoms with Crippen LogP contribution in [0.4, 0.5) is 13.2 Å². The largest absolute Gasteiger partial charge is 0.466 e. The van der Waals surface area contributed by atoms with Gasteiger partial charge in [0.1, 0.15) is 23.1 Å². The zero-order chi connectivity index (χ0) is 13.9. The van der Waals surface area contributed by atoms with E-state index in [1.165, 1.54) is 6.92 Å². The molecule has 0 heterocycles. The van der Waals surface area contributed by atoms with Gasteiger partial charge in [-0.15, -0.1) is 0 Å². The van der Waals surface area contributed by atoms with Gasteiger partial charge in [-0.05, 0) is 6.92 Å². The first-order chi connectivity index (χ1) is 8.38. The summed E-state index contributed by atoms with van der Waals surface area (Å²) in [5, 5.41) is -0.997. The minimum Gasteiger partial charge on any atom is -0.466 e. The van der Waals surface area contributed by atoms with E-state index in [1.807, 2.05) is 0 Å². The second-order valence-corrected chi connectivity index (χ2v) is 3.63. The molecule has 0 aliphatic carbocycles. The van der Waals surface area contributed by atoms with Crippen molar-refractivity contribution < 1.29 is 27.5 Å². The summed E-state index contributed by atoms with van der Waals surface area (Å²) in [5.41, 5.74) is -1.05. The Bertz CT molecular complexity index is 503. The van der Waals surface area contributed by atoms with Gasteiger partial charge < -0.3 is 4.74 Å². The Morgan fingerprint density at radius 3 is 2.44 bits per heavy atom. The van der Waals surface area contributed by atoms with Crippen LogP contribution in [0.3, 0.4) is 0 Å². The SMILES string of the molecule is CCOC(=O)CC(=O)c1c(F)cc(F)c(Cl)c1F. The molecule has 7 heteroatoms. The average molecular weight is 281 g/mol. The predicted molar refractivity (Wildman–Crippen MR) is 56.9 cm³/mol. The Hall–Kier alpha value is -1.56. The number of ketones is 1. The minimum atomic E-state index is -1.52. The maximum atomic E-state index is 13.4. The van der Waals surface area contributed by atoms with E-state index in [9.17, 15) is 22.8 Å². The van der Waals surface area contributed by atoms with Crippen LogP contribution in [0.5, 0.6) is 0 Å². The standard InChI is InChI=1S/C11H8ClF3O3/c1-2-18-8(17)4-7(16)9-5(13)3-6(14)10(12)11(9)15/h3H,2,4H2,1H3. The monoisotopic (exact) mass is 280 g/mol. The Labute approximate surface area is 105 Å². The van der Waals surface area contributed by atoms with Crippen LogP contribution in [0, 0.1) is 17.5 Å². The van der Waals surface area contributed by atoms with Gasteiger partial charge in [0.05, 0.1) is 12.2 Å². The van der Waals surface area contributed by atoms with Gasteiger partial charge in [0.15, 0.2) is 11.6 Å². The second-order valence-electron chi connectivity index (χ2n) is 3.25. The van der Waals surface area contributed by atoms with E-state index < -0.39 is 46.2 Å². The Balaban J connectivity index is 3.07. The Morgan fingerprint density at radius 2 is 1.89 bits per heavy atom. The van der Waals surface area contributed by atoms with E-state index in [-0.39, 0.29) is 12.7 Å². The fourth-order valence-corrected chi connectivity index (χ4v) is 1.40. The summed E-state index contributed by atoms with van der Waals surface area (Å²) in [6, 6.07) is 0.282. The van der Waals surface area contributed by atoms with Gasteiger partial charge >= 0.3 is 5.97 Å². The number of Topliss-reactive ketones (excluding diaryl/α,β-unsaturated/α-hetero) is 1. The second kappa shape index (κ2) is 5.86. The van der Waals surface area contributed by atoms with Crippen molar-refractivity contribution in [2.24, 2.45) is 0 Å². The molecule has 0 fully saturated rings. The molecule has 0 radical (unpaired) electrons. The molecule has 1 rings (SSSR count). The van der Waals surface area contributed by atoms with Crippen LogP contribution < -0.4 is 0 Å². The highest BCUT2D eigenvalue weighted by Gasteiger charge is 2.25. The normalized spacial score (nSPS) is 10.3. The molecule has 0 unspecified atom stereocenters. The molecule has 1 aromatic rings. The molecule has 1 aromatic carbocycles. The van der Waals surface area contributed by atoms with Gasteiger partial charge in [0, 0.05) is 6.07 Å². The molecular weight excluding hydrogens is 273 g/mol. The summed E-state index contributed by atoms with van der Waals surface area (Å²) in [6.45, 7) is 1.54. The summed E-state index contributed by atoms with van der Waals surface area (Å²) in [5.74, 6) is -6.35. The highest BCUT2D eigenvalue weighted by molar-refractivity contribution is 6.31. The maximum Gasteiger partial charge on any atom is 0.313 e. The van der Waals surface area contributed by atoms with Crippen molar-refractivity contribution in [1.82, 2.24) is 0 Å². The van der Waals surface area contributed by atoms with E-state index in [0.29, 0.717) is 0 Å². The Kier molecular flexibility index (Phi) is 4.72. The van der Waals surface area contributed by atoms with Crippen molar-refractivity contribution in [2.75, 3.05) is 6.61 Å². The van der Waals surface area contributed by atoms with Gasteiger partial charge in [-0.25, -0.2) is 13.2 Å². The predicted octanol–water partition coefficient (Wildman–Crippen LogP) is 2.89. The van der Waals surface area contributed by atoms with Crippen LogP contribution in [0.1, 0.15) is 23.7 Å². The molecular formula is C11H8ClF3O3. The number of esters is 1. The lowest BCUT2D eigenvalue weighted by atomic mass is 10.1. The smallest absolute Gasteiger partial charge is 0.313 e. The molecule has 0 atom stereocenters. The van der Waals surface area contributed by atoms with E-state index in [0.717, 1.165) is 0 Å². The molecule has 0 saturated heterocycles. The first-order valence-electron chi connectivity index (χ1n) is 4.90. The highest BCUT2D eigenvalue weighted by atomic mass is 35.5. The van der Waals surface area contributed by atoms with Gasteiger partial charge in [-0.3, -0.25) is 9.59 Å². The number of ether oxygens (including phenoxy) is 1. The molecule has 18 heavy (non-hydrogen) atoms. The summed E-state index contributed by atoms with van der Waals surface area (Å²) in [7, 11) is 0. The first kappa shape index (κ1) is 14.5.